The quantitative estimate of drug-likeness (QED) is 0.278. The molecule has 5 heteroatoms. The topological polar surface area (TPSA) is 52.6 Å². The van der Waals surface area contributed by atoms with E-state index in [4.69, 9.17) is 9.26 Å². The number of benzene rings is 2. The minimum atomic E-state index is -2.17. The summed E-state index contributed by atoms with van der Waals surface area (Å²) >= 11 is 0. The van der Waals surface area contributed by atoms with Crippen molar-refractivity contribution in [1.82, 2.24) is 0 Å². The summed E-state index contributed by atoms with van der Waals surface area (Å²) in [6.07, 6.45) is 0. The van der Waals surface area contributed by atoms with Crippen molar-refractivity contribution in [2.75, 3.05) is 0 Å². The van der Waals surface area contributed by atoms with Crippen LogP contribution < -0.4 is 10.0 Å². The molecule has 4 nitrogen and oxygen atoms in total. The SMILES string of the molecule is C=C(O[P+](=O)c1ccccc1)C(=O)Oc1ccccc1. The van der Waals surface area contributed by atoms with E-state index < -0.39 is 14.0 Å². The zero-order valence-electron chi connectivity index (χ0n) is 10.6. The Kier molecular flexibility index (Phi) is 4.64. The molecule has 1 unspecified atom stereocenters. The van der Waals surface area contributed by atoms with E-state index >= 15 is 0 Å². The molecule has 2 aromatic rings. The van der Waals surface area contributed by atoms with Crippen molar-refractivity contribution in [3.63, 3.8) is 0 Å². The van der Waals surface area contributed by atoms with Gasteiger partial charge in [0.1, 0.15) is 5.75 Å². The van der Waals surface area contributed by atoms with E-state index in [1.54, 1.807) is 60.7 Å². The second kappa shape index (κ2) is 6.64. The fourth-order valence-corrected chi connectivity index (χ4v) is 2.19. The molecule has 0 saturated carbocycles. The Labute approximate surface area is 117 Å². The number of hydrogen-bond donors (Lipinski definition) is 0. The Morgan fingerprint density at radius 1 is 0.950 bits per heavy atom. The zero-order chi connectivity index (χ0) is 14.4. The van der Waals surface area contributed by atoms with Gasteiger partial charge in [0.25, 0.3) is 5.76 Å². The van der Waals surface area contributed by atoms with E-state index in [0.717, 1.165) is 0 Å². The minimum Gasteiger partial charge on any atom is -0.421 e. The molecule has 0 saturated heterocycles. The van der Waals surface area contributed by atoms with E-state index in [0.29, 0.717) is 11.1 Å². The third-order valence-corrected chi connectivity index (χ3v) is 3.45. The molecule has 0 radical (unpaired) electrons. The maximum absolute atomic E-state index is 11.9. The van der Waals surface area contributed by atoms with Crippen LogP contribution in [0.5, 0.6) is 5.75 Å². The van der Waals surface area contributed by atoms with Crippen LogP contribution in [0, 0.1) is 0 Å². The normalized spacial score (nSPS) is 10.5. The summed E-state index contributed by atoms with van der Waals surface area (Å²) in [6.45, 7) is 3.44. The second-order valence-electron chi connectivity index (χ2n) is 3.81. The molecule has 0 aromatic heterocycles. The van der Waals surface area contributed by atoms with Crippen molar-refractivity contribution in [2.24, 2.45) is 0 Å². The van der Waals surface area contributed by atoms with Crippen molar-refractivity contribution in [1.29, 1.82) is 0 Å². The van der Waals surface area contributed by atoms with E-state index in [-0.39, 0.29) is 5.76 Å². The van der Waals surface area contributed by atoms with E-state index in [2.05, 4.69) is 6.58 Å². The Bertz CT molecular complexity index is 623. The van der Waals surface area contributed by atoms with Crippen molar-refractivity contribution in [3.8, 4) is 5.75 Å². The molecular weight excluding hydrogens is 275 g/mol. The standard InChI is InChI=1S/C15H12O4P/c1-12(15(16)18-13-8-4-2-5-9-13)19-20(17)14-10-6-3-7-11-14/h2-11H,1H2/q+1. The van der Waals surface area contributed by atoms with Crippen LogP contribution in [-0.2, 0) is 13.9 Å². The summed E-state index contributed by atoms with van der Waals surface area (Å²) in [5.74, 6) is -0.688. The Morgan fingerprint density at radius 3 is 2.10 bits per heavy atom. The van der Waals surface area contributed by atoms with Gasteiger partial charge < -0.3 is 4.74 Å². The van der Waals surface area contributed by atoms with Gasteiger partial charge in [0.15, 0.2) is 0 Å². The van der Waals surface area contributed by atoms with Gasteiger partial charge in [-0.2, -0.15) is 0 Å². The molecule has 0 aliphatic rings. The summed E-state index contributed by atoms with van der Waals surface area (Å²) in [6, 6.07) is 17.1. The highest BCUT2D eigenvalue weighted by Crippen LogP contribution is 2.25. The number of para-hydroxylation sites is 1. The fourth-order valence-electron chi connectivity index (χ4n) is 1.39. The molecule has 1 atom stereocenters. The lowest BCUT2D eigenvalue weighted by molar-refractivity contribution is -0.132. The molecule has 0 fully saturated rings. The van der Waals surface area contributed by atoms with E-state index in [1.165, 1.54) is 0 Å². The summed E-state index contributed by atoms with van der Waals surface area (Å²) in [4.78, 5) is 11.7. The summed E-state index contributed by atoms with van der Waals surface area (Å²) < 4.78 is 21.9. The van der Waals surface area contributed by atoms with Gasteiger partial charge in [0, 0.05) is 0 Å². The number of ether oxygens (including phenoxy) is 1. The second-order valence-corrected chi connectivity index (χ2v) is 5.02. The van der Waals surface area contributed by atoms with Crippen LogP contribution in [0.3, 0.4) is 0 Å². The first kappa shape index (κ1) is 14.0. The van der Waals surface area contributed by atoms with Crippen LogP contribution in [0.2, 0.25) is 0 Å². The fraction of sp³-hybridized carbons (Fsp3) is 0. The molecule has 2 aromatic carbocycles. The van der Waals surface area contributed by atoms with Crippen LogP contribution in [-0.4, -0.2) is 5.97 Å². The van der Waals surface area contributed by atoms with Gasteiger partial charge in [-0.25, -0.2) is 9.32 Å². The maximum atomic E-state index is 11.9. The van der Waals surface area contributed by atoms with Crippen molar-refractivity contribution < 1.29 is 18.6 Å². The molecule has 0 aliphatic heterocycles. The highest BCUT2D eigenvalue weighted by Gasteiger charge is 2.27. The average Bonchev–Trinajstić information content (AvgIpc) is 2.49. The highest BCUT2D eigenvalue weighted by atomic mass is 31.1. The molecule has 0 heterocycles. The minimum absolute atomic E-state index is 0.293. The summed E-state index contributed by atoms with van der Waals surface area (Å²) in [5.41, 5.74) is 0. The van der Waals surface area contributed by atoms with Gasteiger partial charge in [0.05, 0.1) is 0 Å². The molecule has 0 N–H and O–H groups in total. The van der Waals surface area contributed by atoms with Crippen molar-refractivity contribution in [2.45, 2.75) is 0 Å². The lowest BCUT2D eigenvalue weighted by atomic mass is 10.3. The predicted octanol–water partition coefficient (Wildman–Crippen LogP) is 3.19. The highest BCUT2D eigenvalue weighted by molar-refractivity contribution is 7.48. The van der Waals surface area contributed by atoms with Crippen molar-refractivity contribution >= 4 is 19.3 Å². The molecule has 0 spiro atoms. The average molecular weight is 287 g/mol. The first-order valence-corrected chi connectivity index (χ1v) is 7.01. The van der Waals surface area contributed by atoms with Gasteiger partial charge >= 0.3 is 14.0 Å². The van der Waals surface area contributed by atoms with Crippen LogP contribution in [0.25, 0.3) is 0 Å². The van der Waals surface area contributed by atoms with Crippen molar-refractivity contribution in [3.05, 3.63) is 73.0 Å². The molecule has 100 valence electrons. The van der Waals surface area contributed by atoms with Crippen LogP contribution in [0.4, 0.5) is 0 Å². The number of hydrogen-bond acceptors (Lipinski definition) is 4. The molecule has 0 bridgehead atoms. The Hall–Kier alpha value is -2.45. The number of rotatable bonds is 5. The maximum Gasteiger partial charge on any atom is 0.597 e. The number of esters is 1. The first-order valence-electron chi connectivity index (χ1n) is 5.83. The van der Waals surface area contributed by atoms with E-state index in [1.807, 2.05) is 0 Å². The smallest absolute Gasteiger partial charge is 0.421 e. The lowest BCUT2D eigenvalue weighted by Gasteiger charge is -2.02. The van der Waals surface area contributed by atoms with Crippen LogP contribution in [0.15, 0.2) is 73.0 Å². The molecule has 20 heavy (non-hydrogen) atoms. The zero-order valence-corrected chi connectivity index (χ0v) is 11.5. The number of carbonyl (C=O) groups is 1. The van der Waals surface area contributed by atoms with Gasteiger partial charge in [-0.3, -0.25) is 0 Å². The predicted molar refractivity (Wildman–Crippen MR) is 76.0 cm³/mol. The summed E-state index contributed by atoms with van der Waals surface area (Å²) in [5, 5.41) is 0.483. The Morgan fingerprint density at radius 2 is 1.50 bits per heavy atom. The molecular formula is C15H12O4P+. The van der Waals surface area contributed by atoms with Gasteiger partial charge in [0.2, 0.25) is 5.30 Å². The van der Waals surface area contributed by atoms with Crippen LogP contribution >= 0.6 is 8.03 Å². The number of carbonyl (C=O) groups excluding carboxylic acids is 1. The van der Waals surface area contributed by atoms with Gasteiger partial charge in [-0.05, 0) is 35.4 Å². The van der Waals surface area contributed by atoms with E-state index in [9.17, 15) is 9.36 Å². The molecule has 2 rings (SSSR count). The van der Waals surface area contributed by atoms with Gasteiger partial charge in [-0.1, -0.05) is 36.4 Å². The van der Waals surface area contributed by atoms with Crippen LogP contribution in [0.1, 0.15) is 0 Å². The van der Waals surface area contributed by atoms with Gasteiger partial charge in [-0.15, -0.1) is 0 Å². The first-order chi connectivity index (χ1) is 9.66. The lowest BCUT2D eigenvalue weighted by Crippen LogP contribution is -2.12. The third kappa shape index (κ3) is 3.77. The summed E-state index contributed by atoms with van der Waals surface area (Å²) in [7, 11) is -2.17. The largest absolute Gasteiger partial charge is 0.597 e. The monoisotopic (exact) mass is 287 g/mol. The molecule has 0 aliphatic carbocycles. The third-order valence-electron chi connectivity index (χ3n) is 2.34. The Balaban J connectivity index is 1.95. The molecule has 0 amide bonds.